The lowest BCUT2D eigenvalue weighted by Gasteiger charge is -2.33. The van der Waals surface area contributed by atoms with E-state index in [0.29, 0.717) is 29.1 Å². The molecular formula is C16H19FN2O2. The fourth-order valence-corrected chi connectivity index (χ4v) is 3.46. The van der Waals surface area contributed by atoms with Crippen molar-refractivity contribution in [2.75, 3.05) is 24.6 Å². The predicted octanol–water partition coefficient (Wildman–Crippen LogP) is 3.36. The van der Waals surface area contributed by atoms with E-state index >= 15 is 0 Å². The van der Waals surface area contributed by atoms with E-state index in [0.717, 1.165) is 32.5 Å². The van der Waals surface area contributed by atoms with E-state index < -0.39 is 0 Å². The average molecular weight is 290 g/mol. The standard InChI is InChI=1S/C16H19FN2O2/c17-12-3-4-15-13(10-12)18-16(21-15)19-7-5-11(6-8-19)14-2-1-9-20-14/h3-4,10-11,14H,1-2,5-9H2. The minimum Gasteiger partial charge on any atom is -0.423 e. The summed E-state index contributed by atoms with van der Waals surface area (Å²) < 4.78 is 24.7. The van der Waals surface area contributed by atoms with Crippen LogP contribution in [0, 0.1) is 11.7 Å². The molecule has 1 atom stereocenters. The number of piperidine rings is 1. The smallest absolute Gasteiger partial charge is 0.298 e. The summed E-state index contributed by atoms with van der Waals surface area (Å²) in [5.41, 5.74) is 1.24. The number of halogens is 1. The van der Waals surface area contributed by atoms with Gasteiger partial charge in [0.2, 0.25) is 0 Å². The quantitative estimate of drug-likeness (QED) is 0.850. The molecule has 0 bridgehead atoms. The van der Waals surface area contributed by atoms with Gasteiger partial charge in [0.15, 0.2) is 5.58 Å². The molecule has 3 heterocycles. The zero-order valence-electron chi connectivity index (χ0n) is 11.9. The minimum absolute atomic E-state index is 0.278. The van der Waals surface area contributed by atoms with Gasteiger partial charge in [0, 0.05) is 25.8 Å². The molecular weight excluding hydrogens is 271 g/mol. The van der Waals surface area contributed by atoms with Gasteiger partial charge in [0.05, 0.1) is 6.10 Å². The Morgan fingerprint density at radius 3 is 2.81 bits per heavy atom. The van der Waals surface area contributed by atoms with Crippen LogP contribution in [0.5, 0.6) is 0 Å². The molecule has 0 spiro atoms. The number of aromatic nitrogens is 1. The normalized spacial score (nSPS) is 24.0. The Bertz CT molecular complexity index is 628. The van der Waals surface area contributed by atoms with Crippen molar-refractivity contribution in [1.82, 2.24) is 4.98 Å². The van der Waals surface area contributed by atoms with Crippen molar-refractivity contribution in [2.45, 2.75) is 31.8 Å². The number of hydrogen-bond donors (Lipinski definition) is 0. The van der Waals surface area contributed by atoms with Crippen LogP contribution in [0.2, 0.25) is 0 Å². The van der Waals surface area contributed by atoms with E-state index in [-0.39, 0.29) is 5.82 Å². The lowest BCUT2D eigenvalue weighted by molar-refractivity contribution is 0.0528. The lowest BCUT2D eigenvalue weighted by atomic mass is 9.90. The fraction of sp³-hybridized carbons (Fsp3) is 0.562. The Hall–Kier alpha value is -1.62. The molecule has 2 fully saturated rings. The van der Waals surface area contributed by atoms with Crippen molar-refractivity contribution in [3.05, 3.63) is 24.0 Å². The van der Waals surface area contributed by atoms with Gasteiger partial charge in [-0.25, -0.2) is 4.39 Å². The van der Waals surface area contributed by atoms with Crippen LogP contribution in [-0.4, -0.2) is 30.8 Å². The van der Waals surface area contributed by atoms with Crippen LogP contribution in [0.25, 0.3) is 11.1 Å². The Balaban J connectivity index is 1.46. The van der Waals surface area contributed by atoms with Crippen LogP contribution in [0.1, 0.15) is 25.7 Å². The Kier molecular flexibility index (Phi) is 3.30. The maximum Gasteiger partial charge on any atom is 0.298 e. The molecule has 112 valence electrons. The third-order valence-electron chi connectivity index (χ3n) is 4.64. The second-order valence-electron chi connectivity index (χ2n) is 5.98. The SMILES string of the molecule is Fc1ccc2oc(N3CCC(C4CCCO4)CC3)nc2c1. The topological polar surface area (TPSA) is 38.5 Å². The predicted molar refractivity (Wildman–Crippen MR) is 77.9 cm³/mol. The number of ether oxygens (including phenoxy) is 1. The van der Waals surface area contributed by atoms with Crippen molar-refractivity contribution in [3.8, 4) is 0 Å². The maximum absolute atomic E-state index is 13.2. The summed E-state index contributed by atoms with van der Waals surface area (Å²) >= 11 is 0. The molecule has 2 aliphatic heterocycles. The summed E-state index contributed by atoms with van der Waals surface area (Å²) in [7, 11) is 0. The second-order valence-corrected chi connectivity index (χ2v) is 5.98. The fourth-order valence-electron chi connectivity index (χ4n) is 3.46. The van der Waals surface area contributed by atoms with Crippen LogP contribution in [0.15, 0.2) is 22.6 Å². The number of nitrogens with zero attached hydrogens (tertiary/aromatic N) is 2. The van der Waals surface area contributed by atoms with Gasteiger partial charge < -0.3 is 14.1 Å². The van der Waals surface area contributed by atoms with Gasteiger partial charge in [-0.3, -0.25) is 0 Å². The van der Waals surface area contributed by atoms with Crippen molar-refractivity contribution in [1.29, 1.82) is 0 Å². The molecule has 4 rings (SSSR count). The number of benzene rings is 1. The third kappa shape index (κ3) is 2.50. The minimum atomic E-state index is -0.278. The van der Waals surface area contributed by atoms with Gasteiger partial charge in [-0.2, -0.15) is 4.98 Å². The molecule has 1 unspecified atom stereocenters. The summed E-state index contributed by atoms with van der Waals surface area (Å²) in [5, 5.41) is 0. The van der Waals surface area contributed by atoms with E-state index in [2.05, 4.69) is 9.88 Å². The van der Waals surface area contributed by atoms with Crippen molar-refractivity contribution < 1.29 is 13.5 Å². The molecule has 21 heavy (non-hydrogen) atoms. The van der Waals surface area contributed by atoms with E-state index in [4.69, 9.17) is 9.15 Å². The largest absolute Gasteiger partial charge is 0.423 e. The highest BCUT2D eigenvalue weighted by molar-refractivity contribution is 5.74. The molecule has 0 amide bonds. The van der Waals surface area contributed by atoms with E-state index in [9.17, 15) is 4.39 Å². The Labute approximate surface area is 122 Å². The Morgan fingerprint density at radius 2 is 2.05 bits per heavy atom. The van der Waals surface area contributed by atoms with Gasteiger partial charge in [0.25, 0.3) is 6.01 Å². The van der Waals surface area contributed by atoms with Gasteiger partial charge in [-0.1, -0.05) is 0 Å². The van der Waals surface area contributed by atoms with Crippen molar-refractivity contribution in [2.24, 2.45) is 5.92 Å². The summed E-state index contributed by atoms with van der Waals surface area (Å²) in [4.78, 5) is 6.56. The first kappa shape index (κ1) is 13.1. The monoisotopic (exact) mass is 290 g/mol. The number of hydrogen-bond acceptors (Lipinski definition) is 4. The lowest BCUT2D eigenvalue weighted by Crippen LogP contribution is -2.37. The molecule has 5 heteroatoms. The summed E-state index contributed by atoms with van der Waals surface area (Å²) in [6.45, 7) is 2.78. The molecule has 2 saturated heterocycles. The molecule has 1 aromatic heterocycles. The molecule has 0 N–H and O–H groups in total. The molecule has 0 aliphatic carbocycles. The van der Waals surface area contributed by atoms with E-state index in [1.807, 2.05) is 0 Å². The van der Waals surface area contributed by atoms with E-state index in [1.54, 1.807) is 6.07 Å². The summed E-state index contributed by atoms with van der Waals surface area (Å²) in [6, 6.07) is 5.07. The molecule has 2 aromatic rings. The van der Waals surface area contributed by atoms with Crippen molar-refractivity contribution in [3.63, 3.8) is 0 Å². The van der Waals surface area contributed by atoms with Gasteiger partial charge in [0.1, 0.15) is 11.3 Å². The zero-order chi connectivity index (χ0) is 14.2. The zero-order valence-corrected chi connectivity index (χ0v) is 11.9. The van der Waals surface area contributed by atoms with Crippen LogP contribution < -0.4 is 4.90 Å². The molecule has 4 nitrogen and oxygen atoms in total. The van der Waals surface area contributed by atoms with Gasteiger partial charge in [-0.15, -0.1) is 0 Å². The first-order chi connectivity index (χ1) is 10.3. The third-order valence-corrected chi connectivity index (χ3v) is 4.64. The number of rotatable bonds is 2. The first-order valence-corrected chi connectivity index (χ1v) is 7.72. The van der Waals surface area contributed by atoms with Crippen LogP contribution >= 0.6 is 0 Å². The van der Waals surface area contributed by atoms with Crippen LogP contribution in [-0.2, 0) is 4.74 Å². The van der Waals surface area contributed by atoms with Crippen LogP contribution in [0.3, 0.4) is 0 Å². The van der Waals surface area contributed by atoms with E-state index in [1.165, 1.54) is 25.0 Å². The van der Waals surface area contributed by atoms with Crippen molar-refractivity contribution >= 4 is 17.1 Å². The second kappa shape index (κ2) is 5.30. The van der Waals surface area contributed by atoms with Crippen LogP contribution in [0.4, 0.5) is 10.4 Å². The highest BCUT2D eigenvalue weighted by Crippen LogP contribution is 2.31. The first-order valence-electron chi connectivity index (χ1n) is 7.72. The number of anilines is 1. The summed E-state index contributed by atoms with van der Waals surface area (Å²) in [5.74, 6) is 0.380. The summed E-state index contributed by atoms with van der Waals surface area (Å²) in [6.07, 6.45) is 5.06. The molecule has 0 radical (unpaired) electrons. The number of fused-ring (bicyclic) bond motifs is 1. The Morgan fingerprint density at radius 1 is 1.19 bits per heavy atom. The molecule has 0 saturated carbocycles. The maximum atomic E-state index is 13.2. The molecule has 2 aliphatic rings. The van der Waals surface area contributed by atoms with Gasteiger partial charge in [-0.05, 0) is 43.7 Å². The van der Waals surface area contributed by atoms with Gasteiger partial charge >= 0.3 is 0 Å². The average Bonchev–Trinajstić information content (AvgIpc) is 3.16. The number of oxazole rings is 1. The molecule has 1 aromatic carbocycles. The highest BCUT2D eigenvalue weighted by Gasteiger charge is 2.30. The highest BCUT2D eigenvalue weighted by atomic mass is 19.1.